The number of pyridine rings is 1. The summed E-state index contributed by atoms with van der Waals surface area (Å²) in [5, 5.41) is 5.07. The highest BCUT2D eigenvalue weighted by Crippen LogP contribution is 2.27. The Balaban J connectivity index is 1.98. The molecule has 1 atom stereocenters. The Morgan fingerprint density at radius 3 is 2.57 bits per heavy atom. The van der Waals surface area contributed by atoms with Gasteiger partial charge in [0.05, 0.1) is 18.0 Å². The number of halogens is 2. The van der Waals surface area contributed by atoms with Gasteiger partial charge < -0.3 is 9.88 Å². The molecule has 1 aliphatic carbocycles. The van der Waals surface area contributed by atoms with Gasteiger partial charge in [-0.05, 0) is 80.2 Å². The molecule has 1 heterocycles. The van der Waals surface area contributed by atoms with E-state index in [4.69, 9.17) is 4.99 Å². The van der Waals surface area contributed by atoms with Crippen molar-refractivity contribution in [2.45, 2.75) is 79.4 Å². The van der Waals surface area contributed by atoms with E-state index in [2.05, 4.69) is 34.5 Å². The number of aromatic amines is 1. The molecule has 1 unspecified atom stereocenters. The molecule has 0 spiro atoms. The van der Waals surface area contributed by atoms with Crippen LogP contribution in [0.5, 0.6) is 0 Å². The van der Waals surface area contributed by atoms with Gasteiger partial charge in [0.15, 0.2) is 11.6 Å². The second kappa shape index (κ2) is 16.3. The second-order valence-electron chi connectivity index (χ2n) is 10.6. The lowest BCUT2D eigenvalue weighted by Gasteiger charge is -2.24. The molecular weight excluding hydrogens is 566 g/mol. The van der Waals surface area contributed by atoms with Crippen molar-refractivity contribution in [1.29, 1.82) is 0 Å². The molecule has 0 saturated heterocycles. The predicted molar refractivity (Wildman–Crippen MR) is 169 cm³/mol. The number of hydrogen-bond donors (Lipinski definition) is 3. The standard InChI is InChI=1S/C33H40F2N6O3/c1-6-10-22(5)38-28-17-25(11-7-2)29(16-24(28)8-3)39-32(37-20-42)40-33(44)41(19-26-12-9-13-36-31(26)43)18-23-14-21(4)30(35)27(34)15-23/h8-9,12-17,20,22H,6-7,10-11,18-19H2,1-5H3,(H,36,43)(H2,37,39,40,42,44)/b24-8-,38-28?. The van der Waals surface area contributed by atoms with Crippen LogP contribution in [0.25, 0.3) is 0 Å². The minimum absolute atomic E-state index is 0.0778. The first-order valence-electron chi connectivity index (χ1n) is 14.7. The Hall–Kier alpha value is -4.67. The van der Waals surface area contributed by atoms with E-state index in [-0.39, 0.29) is 36.2 Å². The maximum Gasteiger partial charge on any atom is 0.324 e. The predicted octanol–water partition coefficient (Wildman–Crippen LogP) is 5.98. The van der Waals surface area contributed by atoms with Crippen LogP contribution in [-0.4, -0.2) is 40.0 Å². The Bertz CT molecular complexity index is 1550. The van der Waals surface area contributed by atoms with Crippen molar-refractivity contribution >= 4 is 24.1 Å². The smallest absolute Gasteiger partial charge is 0.324 e. The number of benzene rings is 1. The molecule has 0 fully saturated rings. The highest BCUT2D eigenvalue weighted by atomic mass is 19.2. The van der Waals surface area contributed by atoms with Gasteiger partial charge >= 0.3 is 6.03 Å². The normalized spacial score (nSPS) is 15.9. The summed E-state index contributed by atoms with van der Waals surface area (Å²) in [7, 11) is 0. The van der Waals surface area contributed by atoms with Crippen LogP contribution in [0.3, 0.4) is 0 Å². The number of guanidine groups is 1. The molecule has 11 heteroatoms. The van der Waals surface area contributed by atoms with Crippen LogP contribution < -0.4 is 16.2 Å². The molecule has 0 radical (unpaired) electrons. The number of rotatable bonds is 11. The van der Waals surface area contributed by atoms with Gasteiger partial charge in [-0.15, -0.1) is 0 Å². The number of aryl methyl sites for hydroxylation is 1. The number of allylic oxidation sites excluding steroid dienone is 5. The summed E-state index contributed by atoms with van der Waals surface area (Å²) in [6.45, 7) is 9.25. The van der Waals surface area contributed by atoms with Crippen LogP contribution in [0.4, 0.5) is 13.6 Å². The summed E-state index contributed by atoms with van der Waals surface area (Å²) in [6, 6.07) is 5.04. The number of hydrogen-bond acceptors (Lipinski definition) is 5. The van der Waals surface area contributed by atoms with Crippen molar-refractivity contribution in [3.63, 3.8) is 0 Å². The van der Waals surface area contributed by atoms with E-state index in [1.54, 1.807) is 12.1 Å². The van der Waals surface area contributed by atoms with E-state index in [0.717, 1.165) is 42.2 Å². The first kappa shape index (κ1) is 33.8. The van der Waals surface area contributed by atoms with Gasteiger partial charge in [-0.1, -0.05) is 44.9 Å². The van der Waals surface area contributed by atoms with Crippen LogP contribution in [-0.2, 0) is 17.9 Å². The summed E-state index contributed by atoms with van der Waals surface area (Å²) in [4.78, 5) is 50.9. The fourth-order valence-electron chi connectivity index (χ4n) is 4.82. The Kier molecular flexibility index (Phi) is 12.5. The third kappa shape index (κ3) is 9.16. The van der Waals surface area contributed by atoms with Crippen molar-refractivity contribution in [1.82, 2.24) is 20.5 Å². The zero-order chi connectivity index (χ0) is 32.2. The Morgan fingerprint density at radius 1 is 1.16 bits per heavy atom. The van der Waals surface area contributed by atoms with Crippen molar-refractivity contribution in [2.24, 2.45) is 9.98 Å². The van der Waals surface area contributed by atoms with Crippen molar-refractivity contribution in [2.75, 3.05) is 0 Å². The number of urea groups is 1. The SMILES string of the molecule is C/C=C1/C=C(N=C(NC=O)NC(=O)N(Cc2cc(C)c(F)c(F)c2)Cc2ccc[nH]c2=O)C(CCC)=CC1=NC(C)CCC. The molecule has 0 aliphatic heterocycles. The maximum absolute atomic E-state index is 14.2. The maximum atomic E-state index is 14.2. The number of aliphatic imine (C=N–C) groups is 2. The quantitative estimate of drug-likeness (QED) is 0.166. The molecule has 0 bridgehead atoms. The first-order valence-corrected chi connectivity index (χ1v) is 14.7. The fraction of sp³-hybridized carbons (Fsp3) is 0.364. The fourth-order valence-corrected chi connectivity index (χ4v) is 4.82. The van der Waals surface area contributed by atoms with Crippen molar-refractivity contribution in [3.8, 4) is 0 Å². The number of carbonyl (C=O) groups excluding carboxylic acids is 2. The Labute approximate surface area is 256 Å². The summed E-state index contributed by atoms with van der Waals surface area (Å²) >= 11 is 0. The van der Waals surface area contributed by atoms with E-state index in [1.807, 2.05) is 32.1 Å². The molecule has 0 saturated carbocycles. The topological polar surface area (TPSA) is 119 Å². The van der Waals surface area contributed by atoms with Gasteiger partial charge in [0.2, 0.25) is 12.4 Å². The summed E-state index contributed by atoms with van der Waals surface area (Å²) in [5.41, 5.74) is 3.42. The van der Waals surface area contributed by atoms with E-state index < -0.39 is 23.2 Å². The molecule has 44 heavy (non-hydrogen) atoms. The third-order valence-corrected chi connectivity index (χ3v) is 6.97. The minimum atomic E-state index is -1.05. The molecule has 1 aromatic heterocycles. The van der Waals surface area contributed by atoms with Gasteiger partial charge in [-0.3, -0.25) is 25.2 Å². The van der Waals surface area contributed by atoms with Gasteiger partial charge in [-0.25, -0.2) is 18.6 Å². The zero-order valence-electron chi connectivity index (χ0n) is 25.8. The molecule has 9 nitrogen and oxygen atoms in total. The molecule has 3 amide bonds. The largest absolute Gasteiger partial charge is 0.329 e. The van der Waals surface area contributed by atoms with Crippen LogP contribution in [0.15, 0.2) is 80.3 Å². The van der Waals surface area contributed by atoms with E-state index in [9.17, 15) is 23.2 Å². The second-order valence-corrected chi connectivity index (χ2v) is 10.6. The van der Waals surface area contributed by atoms with Crippen LogP contribution in [0.2, 0.25) is 0 Å². The number of nitrogens with one attached hydrogen (secondary N) is 3. The van der Waals surface area contributed by atoms with Crippen LogP contribution >= 0.6 is 0 Å². The average molecular weight is 607 g/mol. The van der Waals surface area contributed by atoms with Crippen molar-refractivity contribution < 1.29 is 18.4 Å². The lowest BCUT2D eigenvalue weighted by atomic mass is 9.94. The Morgan fingerprint density at radius 2 is 1.93 bits per heavy atom. The number of amides is 3. The highest BCUT2D eigenvalue weighted by Gasteiger charge is 2.21. The minimum Gasteiger partial charge on any atom is -0.329 e. The van der Waals surface area contributed by atoms with Gasteiger partial charge in [-0.2, -0.15) is 0 Å². The van der Waals surface area contributed by atoms with Gasteiger partial charge in [0.25, 0.3) is 5.56 Å². The van der Waals surface area contributed by atoms with Gasteiger partial charge in [0.1, 0.15) is 0 Å². The van der Waals surface area contributed by atoms with E-state index in [0.29, 0.717) is 24.1 Å². The number of carbonyl (C=O) groups is 2. The lowest BCUT2D eigenvalue weighted by Crippen LogP contribution is -2.47. The van der Waals surface area contributed by atoms with Crippen LogP contribution in [0, 0.1) is 18.6 Å². The molecular formula is C33H40F2N6O3. The number of aromatic nitrogens is 1. The molecule has 234 valence electrons. The lowest BCUT2D eigenvalue weighted by molar-refractivity contribution is -0.108. The summed E-state index contributed by atoms with van der Waals surface area (Å²) in [5.74, 6) is -2.16. The highest BCUT2D eigenvalue weighted by molar-refractivity contribution is 6.13. The number of nitrogens with zero attached hydrogens (tertiary/aromatic N) is 3. The van der Waals surface area contributed by atoms with Crippen molar-refractivity contribution in [3.05, 3.63) is 104 Å². The molecule has 3 rings (SSSR count). The summed E-state index contributed by atoms with van der Waals surface area (Å²) in [6.07, 6.45) is 11.1. The molecule has 3 N–H and O–H groups in total. The zero-order valence-corrected chi connectivity index (χ0v) is 25.8. The van der Waals surface area contributed by atoms with E-state index in [1.165, 1.54) is 24.1 Å². The monoisotopic (exact) mass is 606 g/mol. The summed E-state index contributed by atoms with van der Waals surface area (Å²) < 4.78 is 28.2. The van der Waals surface area contributed by atoms with Gasteiger partial charge in [0, 0.05) is 24.3 Å². The van der Waals surface area contributed by atoms with Crippen LogP contribution in [0.1, 0.15) is 70.1 Å². The number of H-pyrrole nitrogens is 1. The molecule has 2 aromatic rings. The first-order chi connectivity index (χ1) is 21.1. The third-order valence-electron chi connectivity index (χ3n) is 6.97. The van der Waals surface area contributed by atoms with E-state index >= 15 is 0 Å². The molecule has 1 aromatic carbocycles. The average Bonchev–Trinajstić information content (AvgIpc) is 2.98. The molecule has 1 aliphatic rings.